The van der Waals surface area contributed by atoms with Crippen LogP contribution in [0.3, 0.4) is 0 Å². The molecule has 0 radical (unpaired) electrons. The van der Waals surface area contributed by atoms with Crippen molar-refractivity contribution in [3.8, 4) is 0 Å². The number of carbonyl (C=O) groups is 2. The zero-order chi connectivity index (χ0) is 43.1. The van der Waals surface area contributed by atoms with Crippen LogP contribution in [0.25, 0.3) is 0 Å². The topological polar surface area (TPSA) is 95.9 Å². The van der Waals surface area contributed by atoms with Gasteiger partial charge in [-0.05, 0) is 51.4 Å². The Balaban J connectivity index is 4.40. The molecule has 3 N–H and O–H groups in total. The van der Waals surface area contributed by atoms with E-state index in [2.05, 4.69) is 38.2 Å². The Bertz CT molecular complexity index is 893. The zero-order valence-electron chi connectivity index (χ0n) is 39.9. The summed E-state index contributed by atoms with van der Waals surface area (Å²) in [5.74, 6) is -0.478. The molecular formula is C53H103NO5. The first-order valence-electron chi connectivity index (χ1n) is 26.4. The first kappa shape index (κ1) is 57.6. The minimum absolute atomic E-state index is 0.0780. The van der Waals surface area contributed by atoms with Gasteiger partial charge in [0.25, 0.3) is 0 Å². The summed E-state index contributed by atoms with van der Waals surface area (Å²) in [6.07, 6.45) is 52.8. The highest BCUT2D eigenvalue weighted by atomic mass is 16.5. The summed E-state index contributed by atoms with van der Waals surface area (Å²) in [4.78, 5) is 26.1. The lowest BCUT2D eigenvalue weighted by Crippen LogP contribution is -2.46. The van der Waals surface area contributed by atoms with Crippen LogP contribution < -0.4 is 5.32 Å². The molecule has 0 aromatic rings. The van der Waals surface area contributed by atoms with Gasteiger partial charge < -0.3 is 20.3 Å². The molecule has 350 valence electrons. The molecule has 0 bridgehead atoms. The standard InChI is InChI=1S/C53H103NO5/c1-4-7-10-13-16-19-21-23-25-26-27-28-30-33-36-39-42-45-51(56)50(48-55)54-52(57)47-49(44-41-38-35-32-18-15-12-9-6-3)59-53(58)46-43-40-37-34-31-29-24-22-20-17-14-11-8-5-2/h29,31,49-51,55-56H,4-28,30,32-48H2,1-3H3,(H,54,57)/b31-29-. The molecule has 3 atom stereocenters. The van der Waals surface area contributed by atoms with Gasteiger partial charge in [-0.1, -0.05) is 238 Å². The van der Waals surface area contributed by atoms with Gasteiger partial charge in [0.2, 0.25) is 5.91 Å². The molecule has 0 aromatic carbocycles. The minimum Gasteiger partial charge on any atom is -0.462 e. The SMILES string of the molecule is CCCCCCCCC/C=C\CCCCCC(=O)OC(CCCCCCCCCCC)CC(=O)NC(CO)C(O)CCCCCCCCCCCCCCCCCCC. The number of allylic oxidation sites excluding steroid dienone is 2. The van der Waals surface area contributed by atoms with E-state index in [1.54, 1.807) is 0 Å². The van der Waals surface area contributed by atoms with Crippen LogP contribution >= 0.6 is 0 Å². The maximum absolute atomic E-state index is 13.2. The molecule has 0 aliphatic carbocycles. The quantitative estimate of drug-likeness (QED) is 0.0322. The first-order valence-corrected chi connectivity index (χ1v) is 26.4. The molecule has 0 aromatic heterocycles. The number of hydrogen-bond acceptors (Lipinski definition) is 5. The van der Waals surface area contributed by atoms with E-state index in [-0.39, 0.29) is 24.9 Å². The highest BCUT2D eigenvalue weighted by Crippen LogP contribution is 2.18. The molecule has 1 amide bonds. The number of hydrogen-bond donors (Lipinski definition) is 3. The van der Waals surface area contributed by atoms with Crippen molar-refractivity contribution < 1.29 is 24.5 Å². The Morgan fingerprint density at radius 2 is 0.814 bits per heavy atom. The van der Waals surface area contributed by atoms with Gasteiger partial charge in [0.1, 0.15) is 6.10 Å². The lowest BCUT2D eigenvalue weighted by atomic mass is 10.0. The summed E-state index contributed by atoms with van der Waals surface area (Å²) in [5.41, 5.74) is 0. The van der Waals surface area contributed by atoms with E-state index in [0.717, 1.165) is 51.4 Å². The van der Waals surface area contributed by atoms with Gasteiger partial charge in [0.05, 0.1) is 25.2 Å². The van der Waals surface area contributed by atoms with Crippen LogP contribution in [-0.2, 0) is 14.3 Å². The van der Waals surface area contributed by atoms with Crippen molar-refractivity contribution in [1.82, 2.24) is 5.32 Å². The van der Waals surface area contributed by atoms with Gasteiger partial charge in [-0.15, -0.1) is 0 Å². The molecule has 6 nitrogen and oxygen atoms in total. The van der Waals surface area contributed by atoms with Crippen molar-refractivity contribution in [2.45, 2.75) is 309 Å². The van der Waals surface area contributed by atoms with Crippen molar-refractivity contribution in [3.63, 3.8) is 0 Å². The summed E-state index contributed by atoms with van der Waals surface area (Å²) < 4.78 is 5.91. The lowest BCUT2D eigenvalue weighted by Gasteiger charge is -2.24. The predicted molar refractivity (Wildman–Crippen MR) is 255 cm³/mol. The fourth-order valence-electron chi connectivity index (χ4n) is 8.31. The number of rotatable bonds is 48. The molecule has 0 saturated heterocycles. The fraction of sp³-hybridized carbons (Fsp3) is 0.925. The number of amides is 1. The van der Waals surface area contributed by atoms with Crippen LogP contribution in [0.2, 0.25) is 0 Å². The number of aliphatic hydroxyl groups is 2. The summed E-state index contributed by atoms with van der Waals surface area (Å²) in [6.45, 7) is 6.49. The second kappa shape index (κ2) is 47.6. The number of carbonyl (C=O) groups excluding carboxylic acids is 2. The molecule has 0 rings (SSSR count). The molecule has 0 saturated carbocycles. The van der Waals surface area contributed by atoms with Gasteiger partial charge in [0.15, 0.2) is 0 Å². The molecule has 3 unspecified atom stereocenters. The zero-order valence-corrected chi connectivity index (χ0v) is 39.9. The Hall–Kier alpha value is -1.40. The smallest absolute Gasteiger partial charge is 0.306 e. The van der Waals surface area contributed by atoms with Crippen LogP contribution in [0.1, 0.15) is 290 Å². The number of esters is 1. The maximum atomic E-state index is 13.2. The normalized spacial score (nSPS) is 13.2. The Morgan fingerprint density at radius 3 is 1.20 bits per heavy atom. The molecule has 0 fully saturated rings. The number of nitrogens with one attached hydrogen (secondary N) is 1. The van der Waals surface area contributed by atoms with Gasteiger partial charge in [-0.25, -0.2) is 0 Å². The van der Waals surface area contributed by atoms with E-state index < -0.39 is 18.2 Å². The van der Waals surface area contributed by atoms with Gasteiger partial charge in [0, 0.05) is 6.42 Å². The second-order valence-electron chi connectivity index (χ2n) is 18.3. The molecule has 6 heteroatoms. The largest absolute Gasteiger partial charge is 0.462 e. The lowest BCUT2D eigenvalue weighted by molar-refractivity contribution is -0.151. The molecule has 0 aliphatic heterocycles. The molecule has 59 heavy (non-hydrogen) atoms. The average Bonchev–Trinajstić information content (AvgIpc) is 3.23. The highest BCUT2D eigenvalue weighted by molar-refractivity contribution is 5.77. The van der Waals surface area contributed by atoms with Gasteiger partial charge in [-0.3, -0.25) is 9.59 Å². The van der Waals surface area contributed by atoms with Crippen molar-refractivity contribution in [1.29, 1.82) is 0 Å². The van der Waals surface area contributed by atoms with Crippen LogP contribution in [0.5, 0.6) is 0 Å². The predicted octanol–water partition coefficient (Wildman–Crippen LogP) is 15.7. The van der Waals surface area contributed by atoms with Crippen LogP contribution in [0, 0.1) is 0 Å². The Labute approximate surface area is 368 Å². The van der Waals surface area contributed by atoms with Crippen LogP contribution in [0.15, 0.2) is 12.2 Å². The highest BCUT2D eigenvalue weighted by Gasteiger charge is 2.24. The van der Waals surface area contributed by atoms with E-state index in [1.807, 2.05) is 0 Å². The Morgan fingerprint density at radius 1 is 0.475 bits per heavy atom. The third-order valence-electron chi connectivity index (χ3n) is 12.3. The molecular weight excluding hydrogens is 731 g/mol. The molecule has 0 heterocycles. The van der Waals surface area contributed by atoms with E-state index in [1.165, 1.54) is 193 Å². The average molecular weight is 834 g/mol. The van der Waals surface area contributed by atoms with Crippen molar-refractivity contribution in [2.24, 2.45) is 0 Å². The van der Waals surface area contributed by atoms with Crippen LogP contribution in [0.4, 0.5) is 0 Å². The van der Waals surface area contributed by atoms with Crippen LogP contribution in [-0.4, -0.2) is 46.9 Å². The van der Waals surface area contributed by atoms with Gasteiger partial charge in [-0.2, -0.15) is 0 Å². The second-order valence-corrected chi connectivity index (χ2v) is 18.3. The van der Waals surface area contributed by atoms with E-state index in [4.69, 9.17) is 4.74 Å². The number of ether oxygens (including phenoxy) is 1. The van der Waals surface area contributed by atoms with E-state index in [9.17, 15) is 19.8 Å². The number of unbranched alkanes of at least 4 members (excludes halogenated alkanes) is 34. The van der Waals surface area contributed by atoms with Crippen molar-refractivity contribution >= 4 is 11.9 Å². The van der Waals surface area contributed by atoms with Crippen molar-refractivity contribution in [3.05, 3.63) is 12.2 Å². The fourth-order valence-corrected chi connectivity index (χ4v) is 8.31. The number of aliphatic hydroxyl groups excluding tert-OH is 2. The summed E-state index contributed by atoms with van der Waals surface area (Å²) in [6, 6.07) is -0.697. The first-order chi connectivity index (χ1) is 29.0. The van der Waals surface area contributed by atoms with Gasteiger partial charge >= 0.3 is 5.97 Å². The summed E-state index contributed by atoms with van der Waals surface area (Å²) in [7, 11) is 0. The van der Waals surface area contributed by atoms with E-state index in [0.29, 0.717) is 19.3 Å². The molecule has 0 aliphatic rings. The summed E-state index contributed by atoms with van der Waals surface area (Å²) in [5, 5.41) is 23.8. The van der Waals surface area contributed by atoms with Crippen molar-refractivity contribution in [2.75, 3.05) is 6.61 Å². The Kier molecular flexibility index (Phi) is 46.5. The van der Waals surface area contributed by atoms with E-state index >= 15 is 0 Å². The summed E-state index contributed by atoms with van der Waals surface area (Å²) >= 11 is 0. The molecule has 0 spiro atoms. The third-order valence-corrected chi connectivity index (χ3v) is 12.3. The minimum atomic E-state index is -0.784. The monoisotopic (exact) mass is 834 g/mol. The maximum Gasteiger partial charge on any atom is 0.306 e. The third kappa shape index (κ3) is 43.1.